The van der Waals surface area contributed by atoms with E-state index in [4.69, 9.17) is 0 Å². The quantitative estimate of drug-likeness (QED) is 0.663. The van der Waals surface area contributed by atoms with Gasteiger partial charge in [0.05, 0.1) is 0 Å². The maximum absolute atomic E-state index is 11.7. The average Bonchev–Trinajstić information content (AvgIpc) is 2.17. The number of rotatable bonds is 3. The zero-order valence-corrected chi connectivity index (χ0v) is 9.05. The van der Waals surface area contributed by atoms with Crippen molar-refractivity contribution in [2.24, 2.45) is 5.92 Å². The van der Waals surface area contributed by atoms with Crippen LogP contribution in [0.2, 0.25) is 0 Å². The van der Waals surface area contributed by atoms with Crippen molar-refractivity contribution in [1.29, 1.82) is 0 Å². The number of amides is 1. The molecular weight excluding hydrogens is 176 g/mol. The molecule has 2 N–H and O–H groups in total. The van der Waals surface area contributed by atoms with E-state index in [1.54, 1.807) is 6.08 Å². The van der Waals surface area contributed by atoms with Crippen molar-refractivity contribution < 1.29 is 4.79 Å². The predicted octanol–water partition coefficient (Wildman–Crippen LogP) is 1.07. The first-order chi connectivity index (χ1) is 6.63. The zero-order valence-electron chi connectivity index (χ0n) is 9.05. The third-order valence-electron chi connectivity index (χ3n) is 2.72. The van der Waals surface area contributed by atoms with Gasteiger partial charge in [0.1, 0.15) is 0 Å². The molecule has 0 radical (unpaired) electrons. The molecular formula is C11H20N2O. The molecule has 0 aliphatic carbocycles. The van der Waals surface area contributed by atoms with Crippen LogP contribution in [0.3, 0.4) is 0 Å². The standard InChI is InChI=1S/C11H20N2O/c1-4-8(2)13-11(14)10-5-6-12-9(3)7-10/h4,8-10,12H,1,5-7H2,2-3H3,(H,13,14). The summed E-state index contributed by atoms with van der Waals surface area (Å²) in [6.45, 7) is 8.65. The number of nitrogens with one attached hydrogen (secondary N) is 2. The summed E-state index contributed by atoms with van der Waals surface area (Å²) in [5.74, 6) is 0.347. The zero-order chi connectivity index (χ0) is 10.6. The number of piperidine rings is 1. The lowest BCUT2D eigenvalue weighted by molar-refractivity contribution is -0.126. The molecule has 1 aliphatic heterocycles. The summed E-state index contributed by atoms with van der Waals surface area (Å²) in [4.78, 5) is 11.7. The van der Waals surface area contributed by atoms with Crippen molar-refractivity contribution in [2.75, 3.05) is 6.54 Å². The number of carbonyl (C=O) groups is 1. The molecule has 0 aromatic rings. The summed E-state index contributed by atoms with van der Waals surface area (Å²) in [5, 5.41) is 6.27. The summed E-state index contributed by atoms with van der Waals surface area (Å²) >= 11 is 0. The van der Waals surface area contributed by atoms with Gasteiger partial charge in [0.2, 0.25) is 5.91 Å². The van der Waals surface area contributed by atoms with E-state index < -0.39 is 0 Å². The van der Waals surface area contributed by atoms with Crippen LogP contribution in [-0.4, -0.2) is 24.5 Å². The second-order valence-corrected chi connectivity index (χ2v) is 4.11. The highest BCUT2D eigenvalue weighted by Crippen LogP contribution is 2.16. The number of carbonyl (C=O) groups excluding carboxylic acids is 1. The van der Waals surface area contributed by atoms with E-state index in [0.717, 1.165) is 19.4 Å². The van der Waals surface area contributed by atoms with Crippen LogP contribution in [0.15, 0.2) is 12.7 Å². The highest BCUT2D eigenvalue weighted by Gasteiger charge is 2.24. The molecule has 1 saturated heterocycles. The Morgan fingerprint density at radius 3 is 3.00 bits per heavy atom. The van der Waals surface area contributed by atoms with Crippen LogP contribution in [0.5, 0.6) is 0 Å². The summed E-state index contributed by atoms with van der Waals surface area (Å²) in [5.41, 5.74) is 0. The second-order valence-electron chi connectivity index (χ2n) is 4.11. The number of hydrogen-bond donors (Lipinski definition) is 2. The van der Waals surface area contributed by atoms with Crippen LogP contribution >= 0.6 is 0 Å². The molecule has 0 bridgehead atoms. The summed E-state index contributed by atoms with van der Waals surface area (Å²) in [6.07, 6.45) is 3.64. The SMILES string of the molecule is C=CC(C)NC(=O)C1CCNC(C)C1. The fourth-order valence-corrected chi connectivity index (χ4v) is 1.77. The predicted molar refractivity (Wildman–Crippen MR) is 58.0 cm³/mol. The molecule has 0 aromatic carbocycles. The lowest BCUT2D eigenvalue weighted by Gasteiger charge is -2.27. The van der Waals surface area contributed by atoms with Crippen molar-refractivity contribution in [3.8, 4) is 0 Å². The van der Waals surface area contributed by atoms with Crippen molar-refractivity contribution >= 4 is 5.91 Å². The Balaban J connectivity index is 2.39. The van der Waals surface area contributed by atoms with Crippen LogP contribution < -0.4 is 10.6 Å². The first-order valence-electron chi connectivity index (χ1n) is 5.29. The van der Waals surface area contributed by atoms with Crippen molar-refractivity contribution in [3.05, 3.63) is 12.7 Å². The summed E-state index contributed by atoms with van der Waals surface area (Å²) < 4.78 is 0. The van der Waals surface area contributed by atoms with Gasteiger partial charge in [-0.25, -0.2) is 0 Å². The highest BCUT2D eigenvalue weighted by atomic mass is 16.1. The van der Waals surface area contributed by atoms with E-state index in [2.05, 4.69) is 24.1 Å². The molecule has 1 rings (SSSR count). The molecule has 3 heteroatoms. The molecule has 0 saturated carbocycles. The van der Waals surface area contributed by atoms with Gasteiger partial charge in [0.25, 0.3) is 0 Å². The minimum Gasteiger partial charge on any atom is -0.350 e. The normalized spacial score (nSPS) is 29.3. The van der Waals surface area contributed by atoms with Crippen LogP contribution in [0, 0.1) is 5.92 Å². The molecule has 1 aliphatic rings. The van der Waals surface area contributed by atoms with E-state index in [0.29, 0.717) is 6.04 Å². The van der Waals surface area contributed by atoms with E-state index in [9.17, 15) is 4.79 Å². The van der Waals surface area contributed by atoms with E-state index in [1.165, 1.54) is 0 Å². The molecule has 0 spiro atoms. The lowest BCUT2D eigenvalue weighted by Crippen LogP contribution is -2.44. The van der Waals surface area contributed by atoms with Crippen molar-refractivity contribution in [2.45, 2.75) is 38.8 Å². The van der Waals surface area contributed by atoms with Crippen molar-refractivity contribution in [1.82, 2.24) is 10.6 Å². The van der Waals surface area contributed by atoms with Gasteiger partial charge in [-0.3, -0.25) is 4.79 Å². The van der Waals surface area contributed by atoms with E-state index >= 15 is 0 Å². The van der Waals surface area contributed by atoms with Crippen LogP contribution in [0.4, 0.5) is 0 Å². The number of hydrogen-bond acceptors (Lipinski definition) is 2. The lowest BCUT2D eigenvalue weighted by atomic mass is 9.92. The molecule has 3 unspecified atom stereocenters. The monoisotopic (exact) mass is 196 g/mol. The summed E-state index contributed by atoms with van der Waals surface area (Å²) in [7, 11) is 0. The molecule has 80 valence electrons. The van der Waals surface area contributed by atoms with E-state index in [1.807, 2.05) is 6.92 Å². The van der Waals surface area contributed by atoms with Crippen LogP contribution in [0.25, 0.3) is 0 Å². The van der Waals surface area contributed by atoms with Crippen molar-refractivity contribution in [3.63, 3.8) is 0 Å². The topological polar surface area (TPSA) is 41.1 Å². The Kier molecular flexibility index (Phi) is 4.14. The molecule has 0 aromatic heterocycles. The van der Waals surface area contributed by atoms with Gasteiger partial charge in [-0.1, -0.05) is 6.08 Å². The first-order valence-corrected chi connectivity index (χ1v) is 5.29. The van der Waals surface area contributed by atoms with Crippen LogP contribution in [0.1, 0.15) is 26.7 Å². The largest absolute Gasteiger partial charge is 0.350 e. The van der Waals surface area contributed by atoms with E-state index in [-0.39, 0.29) is 17.9 Å². The molecule has 1 amide bonds. The molecule has 1 fully saturated rings. The average molecular weight is 196 g/mol. The Hall–Kier alpha value is -0.830. The van der Waals surface area contributed by atoms with Gasteiger partial charge in [0.15, 0.2) is 0 Å². The molecule has 14 heavy (non-hydrogen) atoms. The van der Waals surface area contributed by atoms with Gasteiger partial charge in [0, 0.05) is 18.0 Å². The van der Waals surface area contributed by atoms with Gasteiger partial charge >= 0.3 is 0 Å². The third kappa shape index (κ3) is 3.14. The first kappa shape index (κ1) is 11.2. The Morgan fingerprint density at radius 2 is 2.43 bits per heavy atom. The fraction of sp³-hybridized carbons (Fsp3) is 0.727. The highest BCUT2D eigenvalue weighted by molar-refractivity contribution is 5.79. The molecule has 3 atom stereocenters. The van der Waals surface area contributed by atoms with Gasteiger partial charge in [-0.15, -0.1) is 6.58 Å². The second kappa shape index (κ2) is 5.15. The fourth-order valence-electron chi connectivity index (χ4n) is 1.77. The maximum atomic E-state index is 11.7. The minimum absolute atomic E-state index is 0.0766. The van der Waals surface area contributed by atoms with Gasteiger partial charge in [-0.2, -0.15) is 0 Å². The molecule has 1 heterocycles. The van der Waals surface area contributed by atoms with Gasteiger partial charge in [-0.05, 0) is 33.2 Å². The van der Waals surface area contributed by atoms with Gasteiger partial charge < -0.3 is 10.6 Å². The smallest absolute Gasteiger partial charge is 0.223 e. The minimum atomic E-state index is 0.0766. The Bertz CT molecular complexity index is 215. The Labute approximate surface area is 86.0 Å². The summed E-state index contributed by atoms with van der Waals surface area (Å²) in [6, 6.07) is 0.534. The third-order valence-corrected chi connectivity index (χ3v) is 2.72. The maximum Gasteiger partial charge on any atom is 0.223 e. The Morgan fingerprint density at radius 1 is 1.71 bits per heavy atom. The van der Waals surface area contributed by atoms with Crippen LogP contribution in [-0.2, 0) is 4.79 Å². The molecule has 3 nitrogen and oxygen atoms in total.